The Labute approximate surface area is 120 Å². The van der Waals surface area contributed by atoms with Crippen LogP contribution in [0.3, 0.4) is 0 Å². The van der Waals surface area contributed by atoms with Gasteiger partial charge in [-0.3, -0.25) is 0 Å². The molecule has 18 heavy (non-hydrogen) atoms. The average molecular weight is 318 g/mol. The number of halogens is 1. The average Bonchev–Trinajstić information content (AvgIpc) is 2.35. The molecule has 0 bridgehead atoms. The molecular formula is C15H28BrNO. The second-order valence-corrected chi connectivity index (χ2v) is 7.36. The summed E-state index contributed by atoms with van der Waals surface area (Å²) >= 11 is 3.65. The Morgan fingerprint density at radius 2 is 2.11 bits per heavy atom. The summed E-state index contributed by atoms with van der Waals surface area (Å²) in [5, 5.41) is 11.8. The van der Waals surface area contributed by atoms with Gasteiger partial charge < -0.3 is 10.0 Å². The molecule has 106 valence electrons. The van der Waals surface area contributed by atoms with Gasteiger partial charge in [0.1, 0.15) is 0 Å². The van der Waals surface area contributed by atoms with E-state index in [1.165, 1.54) is 25.8 Å². The van der Waals surface area contributed by atoms with E-state index in [9.17, 15) is 5.11 Å². The van der Waals surface area contributed by atoms with Crippen LogP contribution in [-0.4, -0.2) is 40.6 Å². The van der Waals surface area contributed by atoms with Crippen LogP contribution in [-0.2, 0) is 0 Å². The van der Waals surface area contributed by atoms with Gasteiger partial charge in [0, 0.05) is 30.9 Å². The van der Waals surface area contributed by atoms with Crippen LogP contribution in [0.2, 0.25) is 0 Å². The van der Waals surface area contributed by atoms with Crippen molar-refractivity contribution in [3.63, 3.8) is 0 Å². The third-order valence-corrected chi connectivity index (χ3v) is 5.98. The zero-order valence-electron chi connectivity index (χ0n) is 11.9. The van der Waals surface area contributed by atoms with Crippen LogP contribution in [0.15, 0.2) is 0 Å². The van der Waals surface area contributed by atoms with Gasteiger partial charge in [0.05, 0.1) is 5.60 Å². The number of hydrogen-bond acceptors (Lipinski definition) is 2. The van der Waals surface area contributed by atoms with Crippen molar-refractivity contribution in [2.75, 3.05) is 25.0 Å². The standard InChI is InChI=1S/C15H28BrNO/c1-12(2)13(9-16)10-17-8-7-15(18)6-4-3-5-14(15)11-17/h12-14,18H,3-11H2,1-2H3. The van der Waals surface area contributed by atoms with Crippen LogP contribution >= 0.6 is 15.9 Å². The number of likely N-dealkylation sites (tertiary alicyclic amines) is 1. The quantitative estimate of drug-likeness (QED) is 0.804. The van der Waals surface area contributed by atoms with E-state index in [-0.39, 0.29) is 5.60 Å². The molecule has 0 radical (unpaired) electrons. The summed E-state index contributed by atoms with van der Waals surface area (Å²) in [7, 11) is 0. The smallest absolute Gasteiger partial charge is 0.0700 e. The number of nitrogens with zero attached hydrogens (tertiary/aromatic N) is 1. The lowest BCUT2D eigenvalue weighted by molar-refractivity contribution is -0.0974. The van der Waals surface area contributed by atoms with Crippen molar-refractivity contribution >= 4 is 15.9 Å². The molecule has 1 saturated heterocycles. The predicted octanol–water partition coefficient (Wildman–Crippen LogP) is 3.28. The number of aliphatic hydroxyl groups is 1. The Kier molecular flexibility index (Phi) is 5.13. The summed E-state index contributed by atoms with van der Waals surface area (Å²) < 4.78 is 0. The number of piperidine rings is 1. The summed E-state index contributed by atoms with van der Waals surface area (Å²) in [6.45, 7) is 8.02. The zero-order chi connectivity index (χ0) is 13.2. The van der Waals surface area contributed by atoms with Crippen molar-refractivity contribution in [1.29, 1.82) is 0 Å². The molecule has 3 atom stereocenters. The van der Waals surface area contributed by atoms with Gasteiger partial charge >= 0.3 is 0 Å². The topological polar surface area (TPSA) is 23.5 Å². The maximum atomic E-state index is 10.7. The molecule has 2 nitrogen and oxygen atoms in total. The summed E-state index contributed by atoms with van der Waals surface area (Å²) in [6, 6.07) is 0. The van der Waals surface area contributed by atoms with E-state index in [1.807, 2.05) is 0 Å². The maximum Gasteiger partial charge on any atom is 0.0700 e. The molecule has 0 amide bonds. The van der Waals surface area contributed by atoms with E-state index >= 15 is 0 Å². The van der Waals surface area contributed by atoms with E-state index < -0.39 is 0 Å². The molecule has 1 aliphatic heterocycles. The van der Waals surface area contributed by atoms with E-state index in [1.54, 1.807) is 0 Å². The van der Waals surface area contributed by atoms with Crippen LogP contribution in [0.1, 0.15) is 46.0 Å². The van der Waals surface area contributed by atoms with Crippen LogP contribution in [0, 0.1) is 17.8 Å². The molecule has 1 N–H and O–H groups in total. The highest BCUT2D eigenvalue weighted by Gasteiger charge is 2.42. The normalized spacial score (nSPS) is 35.5. The van der Waals surface area contributed by atoms with Crippen molar-refractivity contribution in [3.8, 4) is 0 Å². The number of rotatable bonds is 4. The minimum absolute atomic E-state index is 0.323. The molecule has 2 rings (SSSR count). The zero-order valence-corrected chi connectivity index (χ0v) is 13.5. The van der Waals surface area contributed by atoms with E-state index in [0.717, 1.165) is 43.1 Å². The largest absolute Gasteiger partial charge is 0.390 e. The van der Waals surface area contributed by atoms with Gasteiger partial charge in [0.15, 0.2) is 0 Å². The summed E-state index contributed by atoms with van der Waals surface area (Å²) in [6.07, 6.45) is 5.80. The first-order valence-corrected chi connectivity index (χ1v) is 8.68. The lowest BCUT2D eigenvalue weighted by Crippen LogP contribution is -2.54. The van der Waals surface area contributed by atoms with Crippen molar-refractivity contribution in [3.05, 3.63) is 0 Å². The van der Waals surface area contributed by atoms with Crippen molar-refractivity contribution < 1.29 is 5.11 Å². The Bertz CT molecular complexity index is 271. The number of alkyl halides is 1. The Balaban J connectivity index is 1.90. The number of fused-ring (bicyclic) bond motifs is 1. The third kappa shape index (κ3) is 3.29. The van der Waals surface area contributed by atoms with E-state index in [2.05, 4.69) is 34.7 Å². The molecule has 0 spiro atoms. The van der Waals surface area contributed by atoms with Gasteiger partial charge in [-0.15, -0.1) is 0 Å². The number of hydrogen-bond donors (Lipinski definition) is 1. The minimum atomic E-state index is -0.323. The van der Waals surface area contributed by atoms with Gasteiger partial charge in [0.25, 0.3) is 0 Å². The first kappa shape index (κ1) is 14.8. The Morgan fingerprint density at radius 1 is 1.33 bits per heavy atom. The molecule has 1 saturated carbocycles. The maximum absolute atomic E-state index is 10.7. The van der Waals surface area contributed by atoms with E-state index in [4.69, 9.17) is 0 Å². The SMILES string of the molecule is CC(C)C(CBr)CN1CCC2(O)CCCCC2C1. The third-order valence-electron chi connectivity index (χ3n) is 5.15. The molecule has 0 aromatic carbocycles. The molecule has 1 heterocycles. The molecule has 3 unspecified atom stereocenters. The first-order chi connectivity index (χ1) is 8.55. The van der Waals surface area contributed by atoms with Gasteiger partial charge in [0.2, 0.25) is 0 Å². The minimum Gasteiger partial charge on any atom is -0.390 e. The highest BCUT2D eigenvalue weighted by Crippen LogP contribution is 2.40. The second-order valence-electron chi connectivity index (χ2n) is 6.71. The fraction of sp³-hybridized carbons (Fsp3) is 1.00. The van der Waals surface area contributed by atoms with E-state index in [0.29, 0.717) is 5.92 Å². The highest BCUT2D eigenvalue weighted by molar-refractivity contribution is 9.09. The Morgan fingerprint density at radius 3 is 2.78 bits per heavy atom. The molecule has 2 aliphatic rings. The molecule has 2 fully saturated rings. The highest BCUT2D eigenvalue weighted by atomic mass is 79.9. The van der Waals surface area contributed by atoms with Crippen LogP contribution < -0.4 is 0 Å². The molecule has 3 heteroatoms. The Hall–Kier alpha value is 0.400. The summed E-state index contributed by atoms with van der Waals surface area (Å²) in [4.78, 5) is 2.59. The van der Waals surface area contributed by atoms with Crippen LogP contribution in [0.5, 0.6) is 0 Å². The molecule has 1 aliphatic carbocycles. The summed E-state index contributed by atoms with van der Waals surface area (Å²) in [5.41, 5.74) is -0.323. The fourth-order valence-electron chi connectivity index (χ4n) is 3.57. The first-order valence-electron chi connectivity index (χ1n) is 7.56. The van der Waals surface area contributed by atoms with Crippen LogP contribution in [0.4, 0.5) is 0 Å². The van der Waals surface area contributed by atoms with Crippen molar-refractivity contribution in [2.45, 2.75) is 51.6 Å². The predicted molar refractivity (Wildman–Crippen MR) is 80.1 cm³/mol. The summed E-state index contributed by atoms with van der Waals surface area (Å²) in [5.74, 6) is 2.00. The van der Waals surface area contributed by atoms with Gasteiger partial charge in [-0.05, 0) is 31.1 Å². The second kappa shape index (κ2) is 6.23. The fourth-order valence-corrected chi connectivity index (χ4v) is 4.53. The van der Waals surface area contributed by atoms with Gasteiger partial charge in [-0.1, -0.05) is 42.6 Å². The van der Waals surface area contributed by atoms with Crippen LogP contribution in [0.25, 0.3) is 0 Å². The monoisotopic (exact) mass is 317 g/mol. The molecular weight excluding hydrogens is 290 g/mol. The van der Waals surface area contributed by atoms with Crippen molar-refractivity contribution in [2.24, 2.45) is 17.8 Å². The van der Waals surface area contributed by atoms with Gasteiger partial charge in [-0.2, -0.15) is 0 Å². The molecule has 0 aromatic rings. The van der Waals surface area contributed by atoms with Gasteiger partial charge in [-0.25, -0.2) is 0 Å². The molecule has 0 aromatic heterocycles. The van der Waals surface area contributed by atoms with Crippen molar-refractivity contribution in [1.82, 2.24) is 4.90 Å². The lowest BCUT2D eigenvalue weighted by atomic mass is 9.71. The lowest BCUT2D eigenvalue weighted by Gasteiger charge is -2.48.